The molecule has 1 aliphatic heterocycles. The van der Waals surface area contributed by atoms with Gasteiger partial charge in [0.25, 0.3) is 0 Å². The number of halogens is 1. The van der Waals surface area contributed by atoms with E-state index < -0.39 is 0 Å². The van der Waals surface area contributed by atoms with E-state index in [1.54, 1.807) is 0 Å². The van der Waals surface area contributed by atoms with Gasteiger partial charge in [-0.15, -0.1) is 24.0 Å². The van der Waals surface area contributed by atoms with Crippen molar-refractivity contribution in [2.45, 2.75) is 19.8 Å². The molecule has 1 saturated heterocycles. The molecule has 7 nitrogen and oxygen atoms in total. The number of aliphatic imine (C=N–C) groups is 1. The molecule has 1 saturated carbocycles. The lowest BCUT2D eigenvalue weighted by molar-refractivity contribution is 0.260. The minimum absolute atomic E-state index is 0. The van der Waals surface area contributed by atoms with Crippen LogP contribution in [-0.2, 0) is 0 Å². The predicted molar refractivity (Wildman–Crippen MR) is 113 cm³/mol. The zero-order valence-electron chi connectivity index (χ0n) is 15.0. The Labute approximate surface area is 167 Å². The van der Waals surface area contributed by atoms with Crippen molar-refractivity contribution in [2.75, 3.05) is 57.3 Å². The molecule has 2 fully saturated rings. The molecular formula is C17H30IN7. The minimum atomic E-state index is 0. The number of rotatable bonds is 7. The predicted octanol–water partition coefficient (Wildman–Crippen LogP) is 1.18. The first kappa shape index (κ1) is 20.2. The molecule has 2 heterocycles. The summed E-state index contributed by atoms with van der Waals surface area (Å²) in [6.45, 7) is 10.0. The summed E-state index contributed by atoms with van der Waals surface area (Å²) in [7, 11) is 0. The number of hydrogen-bond acceptors (Lipinski definition) is 5. The van der Waals surface area contributed by atoms with E-state index in [0.29, 0.717) is 0 Å². The van der Waals surface area contributed by atoms with Crippen LogP contribution in [0.2, 0.25) is 0 Å². The normalized spacial score (nSPS) is 18.6. The molecule has 0 radical (unpaired) electrons. The van der Waals surface area contributed by atoms with Crippen molar-refractivity contribution in [3.63, 3.8) is 0 Å². The van der Waals surface area contributed by atoms with Gasteiger partial charge >= 0.3 is 0 Å². The Bertz CT molecular complexity index is 513. The van der Waals surface area contributed by atoms with E-state index in [9.17, 15) is 0 Å². The van der Waals surface area contributed by atoms with Gasteiger partial charge in [0.05, 0.1) is 0 Å². The van der Waals surface area contributed by atoms with Crippen LogP contribution in [0.3, 0.4) is 0 Å². The fraction of sp³-hybridized carbons (Fsp3) is 0.706. The fourth-order valence-corrected chi connectivity index (χ4v) is 2.82. The third-order valence-corrected chi connectivity index (χ3v) is 4.48. The maximum atomic E-state index is 4.66. The summed E-state index contributed by atoms with van der Waals surface area (Å²) in [5, 5.41) is 6.78. The third kappa shape index (κ3) is 6.93. The topological polar surface area (TPSA) is 68.7 Å². The van der Waals surface area contributed by atoms with Gasteiger partial charge in [-0.3, -0.25) is 9.89 Å². The highest BCUT2D eigenvalue weighted by Gasteiger charge is 2.21. The second-order valence-corrected chi connectivity index (χ2v) is 6.47. The summed E-state index contributed by atoms with van der Waals surface area (Å²) in [5.41, 5.74) is 0. The average Bonchev–Trinajstić information content (AvgIpc) is 3.45. The second kappa shape index (κ2) is 10.7. The SMILES string of the molecule is CCNC(=NCC1CC1)NCCN1CCN(c2ncccn2)CC1.I. The fourth-order valence-electron chi connectivity index (χ4n) is 2.82. The molecular weight excluding hydrogens is 429 g/mol. The summed E-state index contributed by atoms with van der Waals surface area (Å²) >= 11 is 0. The number of aromatic nitrogens is 2. The lowest BCUT2D eigenvalue weighted by Gasteiger charge is -2.34. The lowest BCUT2D eigenvalue weighted by atomic mass is 10.3. The maximum absolute atomic E-state index is 4.66. The first-order valence-corrected chi connectivity index (χ1v) is 9.11. The van der Waals surface area contributed by atoms with E-state index in [1.165, 1.54) is 12.8 Å². The Hall–Kier alpha value is -1.16. The van der Waals surface area contributed by atoms with E-state index in [1.807, 2.05) is 18.5 Å². The molecule has 2 N–H and O–H groups in total. The van der Waals surface area contributed by atoms with Gasteiger partial charge in [0.1, 0.15) is 0 Å². The largest absolute Gasteiger partial charge is 0.357 e. The standard InChI is InChI=1S/C17H29N7.HI/c1-2-18-16(22-14-15-4-5-15)19-8-9-23-10-12-24(13-11-23)17-20-6-3-7-21-17;/h3,6-7,15H,2,4-5,8-14H2,1H3,(H2,18,19,22);1H. The molecule has 0 bridgehead atoms. The molecule has 1 aliphatic carbocycles. The molecule has 25 heavy (non-hydrogen) atoms. The van der Waals surface area contributed by atoms with Gasteiger partial charge in [-0.05, 0) is 31.7 Å². The number of hydrogen-bond donors (Lipinski definition) is 2. The summed E-state index contributed by atoms with van der Waals surface area (Å²) in [6, 6.07) is 1.86. The zero-order chi connectivity index (χ0) is 16.6. The van der Waals surface area contributed by atoms with Crippen molar-refractivity contribution in [3.05, 3.63) is 18.5 Å². The van der Waals surface area contributed by atoms with Crippen molar-refractivity contribution < 1.29 is 0 Å². The van der Waals surface area contributed by atoms with Crippen LogP contribution in [0.1, 0.15) is 19.8 Å². The van der Waals surface area contributed by atoms with Gasteiger partial charge in [0.15, 0.2) is 5.96 Å². The van der Waals surface area contributed by atoms with Crippen molar-refractivity contribution in [3.8, 4) is 0 Å². The molecule has 0 aromatic carbocycles. The molecule has 1 aromatic rings. The van der Waals surface area contributed by atoms with Gasteiger partial charge in [0.2, 0.25) is 5.95 Å². The van der Waals surface area contributed by atoms with Crippen LogP contribution in [0.4, 0.5) is 5.95 Å². The Kier molecular flexibility index (Phi) is 8.66. The molecule has 0 spiro atoms. The molecule has 3 rings (SSSR count). The average molecular weight is 459 g/mol. The molecule has 140 valence electrons. The smallest absolute Gasteiger partial charge is 0.225 e. The van der Waals surface area contributed by atoms with E-state index in [-0.39, 0.29) is 24.0 Å². The van der Waals surface area contributed by atoms with Crippen molar-refractivity contribution in [1.82, 2.24) is 25.5 Å². The Balaban J connectivity index is 0.00000225. The lowest BCUT2D eigenvalue weighted by Crippen LogP contribution is -2.49. The van der Waals surface area contributed by atoms with Crippen LogP contribution in [0.25, 0.3) is 0 Å². The first-order valence-electron chi connectivity index (χ1n) is 9.11. The van der Waals surface area contributed by atoms with E-state index >= 15 is 0 Å². The number of piperazine rings is 1. The maximum Gasteiger partial charge on any atom is 0.225 e. The summed E-state index contributed by atoms with van der Waals surface area (Å²) in [6.07, 6.45) is 6.31. The third-order valence-electron chi connectivity index (χ3n) is 4.48. The summed E-state index contributed by atoms with van der Waals surface area (Å²) in [4.78, 5) is 18.1. The Morgan fingerprint density at radius 1 is 1.16 bits per heavy atom. The van der Waals surface area contributed by atoms with Crippen LogP contribution in [0.15, 0.2) is 23.5 Å². The van der Waals surface area contributed by atoms with Crippen LogP contribution >= 0.6 is 24.0 Å². The monoisotopic (exact) mass is 459 g/mol. The zero-order valence-corrected chi connectivity index (χ0v) is 17.4. The van der Waals surface area contributed by atoms with E-state index in [2.05, 4.69) is 42.3 Å². The highest BCUT2D eigenvalue weighted by Crippen LogP contribution is 2.28. The number of nitrogens with one attached hydrogen (secondary N) is 2. The van der Waals surface area contributed by atoms with Gasteiger partial charge < -0.3 is 15.5 Å². The number of anilines is 1. The van der Waals surface area contributed by atoms with Crippen LogP contribution in [0.5, 0.6) is 0 Å². The van der Waals surface area contributed by atoms with Crippen LogP contribution in [-0.4, -0.2) is 73.2 Å². The minimum Gasteiger partial charge on any atom is -0.357 e. The number of nitrogens with zero attached hydrogens (tertiary/aromatic N) is 5. The second-order valence-electron chi connectivity index (χ2n) is 6.47. The first-order chi connectivity index (χ1) is 11.8. The Morgan fingerprint density at radius 3 is 2.52 bits per heavy atom. The van der Waals surface area contributed by atoms with Crippen LogP contribution in [0, 0.1) is 5.92 Å². The summed E-state index contributed by atoms with van der Waals surface area (Å²) < 4.78 is 0. The van der Waals surface area contributed by atoms with Crippen molar-refractivity contribution >= 4 is 35.9 Å². The quantitative estimate of drug-likeness (QED) is 0.363. The van der Waals surface area contributed by atoms with Crippen LogP contribution < -0.4 is 15.5 Å². The molecule has 0 unspecified atom stereocenters. The Morgan fingerprint density at radius 2 is 1.88 bits per heavy atom. The van der Waals surface area contributed by atoms with Crippen molar-refractivity contribution in [2.24, 2.45) is 10.9 Å². The molecule has 0 amide bonds. The molecule has 8 heteroatoms. The molecule has 1 aromatic heterocycles. The van der Waals surface area contributed by atoms with Crippen molar-refractivity contribution in [1.29, 1.82) is 0 Å². The number of guanidine groups is 1. The van der Waals surface area contributed by atoms with Gasteiger partial charge in [-0.2, -0.15) is 0 Å². The molecule has 0 atom stereocenters. The van der Waals surface area contributed by atoms with Gasteiger partial charge in [-0.1, -0.05) is 0 Å². The van der Waals surface area contributed by atoms with E-state index in [0.717, 1.165) is 70.2 Å². The van der Waals surface area contributed by atoms with E-state index in [4.69, 9.17) is 0 Å². The highest BCUT2D eigenvalue weighted by molar-refractivity contribution is 14.0. The van der Waals surface area contributed by atoms with Gasteiger partial charge in [0, 0.05) is 64.8 Å². The highest BCUT2D eigenvalue weighted by atomic mass is 127. The summed E-state index contributed by atoms with van der Waals surface area (Å²) in [5.74, 6) is 2.63. The van der Waals surface area contributed by atoms with Gasteiger partial charge in [-0.25, -0.2) is 9.97 Å². The molecule has 2 aliphatic rings.